The zero-order valence-electron chi connectivity index (χ0n) is 13.8. The molecule has 0 aliphatic carbocycles. The minimum atomic E-state index is 0.161. The molecule has 0 saturated carbocycles. The van der Waals surface area contributed by atoms with Crippen molar-refractivity contribution in [1.82, 2.24) is 15.1 Å². The highest BCUT2D eigenvalue weighted by Gasteiger charge is 2.27. The normalized spacial score (nSPS) is 23.5. The Labute approximate surface area is 122 Å². The summed E-state index contributed by atoms with van der Waals surface area (Å²) in [7, 11) is 0. The first-order valence-corrected chi connectivity index (χ1v) is 7.67. The van der Waals surface area contributed by atoms with Gasteiger partial charge in [0, 0.05) is 17.8 Å². The van der Waals surface area contributed by atoms with E-state index >= 15 is 0 Å². The van der Waals surface area contributed by atoms with Crippen molar-refractivity contribution in [3.05, 3.63) is 17.0 Å². The molecule has 0 bridgehead atoms. The maximum Gasteiger partial charge on any atom is 0.0776 e. The van der Waals surface area contributed by atoms with Crippen molar-refractivity contribution in [3.63, 3.8) is 0 Å². The molecule has 1 N–H and O–H groups in total. The maximum atomic E-state index is 6.14. The van der Waals surface area contributed by atoms with Crippen LogP contribution in [0.1, 0.15) is 50.6 Å². The van der Waals surface area contributed by atoms with Crippen LogP contribution in [0.4, 0.5) is 0 Å². The van der Waals surface area contributed by atoms with Crippen LogP contribution in [0.25, 0.3) is 0 Å². The van der Waals surface area contributed by atoms with Crippen LogP contribution in [0.5, 0.6) is 0 Å². The smallest absolute Gasteiger partial charge is 0.0776 e. The van der Waals surface area contributed by atoms with Crippen LogP contribution in [0.2, 0.25) is 0 Å². The summed E-state index contributed by atoms with van der Waals surface area (Å²) in [5.41, 5.74) is 3.86. The lowest BCUT2D eigenvalue weighted by Gasteiger charge is -2.23. The molecule has 2 rings (SSSR count). The number of nitrogens with one attached hydrogen (secondary N) is 1. The van der Waals surface area contributed by atoms with Gasteiger partial charge in [-0.25, -0.2) is 0 Å². The summed E-state index contributed by atoms with van der Waals surface area (Å²) >= 11 is 0. The molecule has 1 aliphatic rings. The van der Waals surface area contributed by atoms with E-state index in [4.69, 9.17) is 4.74 Å². The van der Waals surface area contributed by atoms with E-state index in [1.807, 2.05) is 0 Å². The predicted octanol–water partition coefficient (Wildman–Crippen LogP) is 2.74. The Morgan fingerprint density at radius 3 is 2.40 bits per heavy atom. The summed E-state index contributed by atoms with van der Waals surface area (Å²) in [5.74, 6) is 0. The van der Waals surface area contributed by atoms with Gasteiger partial charge in [0.1, 0.15) is 0 Å². The van der Waals surface area contributed by atoms with Crippen molar-refractivity contribution >= 4 is 0 Å². The van der Waals surface area contributed by atoms with Crippen molar-refractivity contribution in [2.45, 2.75) is 78.7 Å². The summed E-state index contributed by atoms with van der Waals surface area (Å²) in [6, 6.07) is 0. The Balaban J connectivity index is 1.85. The summed E-state index contributed by atoms with van der Waals surface area (Å²) < 4.78 is 8.25. The second-order valence-corrected chi connectivity index (χ2v) is 7.07. The van der Waals surface area contributed by atoms with Gasteiger partial charge in [-0.05, 0) is 59.9 Å². The van der Waals surface area contributed by atoms with Gasteiger partial charge in [0.15, 0.2) is 0 Å². The van der Waals surface area contributed by atoms with E-state index in [-0.39, 0.29) is 5.54 Å². The highest BCUT2D eigenvalue weighted by atomic mass is 16.5. The van der Waals surface area contributed by atoms with E-state index in [1.165, 1.54) is 11.3 Å². The van der Waals surface area contributed by atoms with E-state index < -0.39 is 0 Å². The SMILES string of the molecule is Cc1nn(CC2CCC(CNC(C)(C)C)O2)c(C)c1C. The van der Waals surface area contributed by atoms with E-state index in [9.17, 15) is 0 Å². The number of aryl methyl sites for hydroxylation is 1. The third-order valence-corrected chi connectivity index (χ3v) is 4.18. The maximum absolute atomic E-state index is 6.14. The van der Waals surface area contributed by atoms with Crippen molar-refractivity contribution in [1.29, 1.82) is 0 Å². The fourth-order valence-electron chi connectivity index (χ4n) is 2.64. The first kappa shape index (κ1) is 15.5. The fourth-order valence-corrected chi connectivity index (χ4v) is 2.64. The van der Waals surface area contributed by atoms with Crippen LogP contribution in [-0.4, -0.2) is 34.1 Å². The van der Waals surface area contributed by atoms with Gasteiger partial charge in [0.05, 0.1) is 24.4 Å². The van der Waals surface area contributed by atoms with Crippen LogP contribution in [-0.2, 0) is 11.3 Å². The molecular weight excluding hydrogens is 250 g/mol. The Morgan fingerprint density at radius 1 is 1.20 bits per heavy atom. The molecule has 1 aromatic heterocycles. The van der Waals surface area contributed by atoms with Crippen molar-refractivity contribution < 1.29 is 4.74 Å². The van der Waals surface area contributed by atoms with Crippen LogP contribution in [0, 0.1) is 20.8 Å². The summed E-state index contributed by atoms with van der Waals surface area (Å²) in [4.78, 5) is 0. The van der Waals surface area contributed by atoms with Crippen LogP contribution >= 0.6 is 0 Å². The molecule has 0 amide bonds. The van der Waals surface area contributed by atoms with Gasteiger partial charge in [-0.1, -0.05) is 0 Å². The first-order chi connectivity index (χ1) is 9.26. The fraction of sp³-hybridized carbons (Fsp3) is 0.812. The third-order valence-electron chi connectivity index (χ3n) is 4.18. The minimum absolute atomic E-state index is 0.161. The van der Waals surface area contributed by atoms with E-state index in [1.54, 1.807) is 0 Å². The third kappa shape index (κ3) is 3.83. The number of aromatic nitrogens is 2. The quantitative estimate of drug-likeness (QED) is 0.921. The average Bonchev–Trinajstić information content (AvgIpc) is 2.88. The highest BCUT2D eigenvalue weighted by Crippen LogP contribution is 2.22. The van der Waals surface area contributed by atoms with Gasteiger partial charge in [-0.15, -0.1) is 0 Å². The van der Waals surface area contributed by atoms with Gasteiger partial charge >= 0.3 is 0 Å². The largest absolute Gasteiger partial charge is 0.372 e. The molecule has 0 radical (unpaired) electrons. The molecule has 0 spiro atoms. The van der Waals surface area contributed by atoms with Gasteiger partial charge < -0.3 is 10.1 Å². The lowest BCUT2D eigenvalue weighted by Crippen LogP contribution is -2.41. The van der Waals surface area contributed by atoms with Gasteiger partial charge in [-0.2, -0.15) is 5.10 Å². The molecule has 2 unspecified atom stereocenters. The van der Waals surface area contributed by atoms with Gasteiger partial charge in [-0.3, -0.25) is 4.68 Å². The second-order valence-electron chi connectivity index (χ2n) is 7.07. The van der Waals surface area contributed by atoms with Gasteiger partial charge in [0.2, 0.25) is 0 Å². The molecule has 1 aliphatic heterocycles. The standard InChI is InChI=1S/C16H29N3O/c1-11-12(2)18-19(13(11)3)10-15-8-7-14(20-15)9-17-16(4,5)6/h14-15,17H,7-10H2,1-6H3. The Bertz CT molecular complexity index is 459. The number of ether oxygens (including phenoxy) is 1. The van der Waals surface area contributed by atoms with Crippen LogP contribution in [0.15, 0.2) is 0 Å². The number of nitrogens with zero attached hydrogens (tertiary/aromatic N) is 2. The molecule has 2 heterocycles. The molecule has 1 saturated heterocycles. The predicted molar refractivity (Wildman–Crippen MR) is 82.1 cm³/mol. The summed E-state index contributed by atoms with van der Waals surface area (Å²) in [5, 5.41) is 8.13. The second kappa shape index (κ2) is 5.86. The molecule has 0 aromatic carbocycles. The number of hydrogen-bond donors (Lipinski definition) is 1. The zero-order chi connectivity index (χ0) is 14.9. The van der Waals surface area contributed by atoms with E-state index in [0.29, 0.717) is 12.2 Å². The van der Waals surface area contributed by atoms with Gasteiger partial charge in [0.25, 0.3) is 0 Å². The Hall–Kier alpha value is -0.870. The van der Waals surface area contributed by atoms with Crippen LogP contribution < -0.4 is 5.32 Å². The molecule has 2 atom stereocenters. The zero-order valence-corrected chi connectivity index (χ0v) is 13.8. The van der Waals surface area contributed by atoms with Crippen LogP contribution in [0.3, 0.4) is 0 Å². The lowest BCUT2D eigenvalue weighted by atomic mass is 10.1. The lowest BCUT2D eigenvalue weighted by molar-refractivity contribution is 0.0308. The molecule has 4 nitrogen and oxygen atoms in total. The molecule has 20 heavy (non-hydrogen) atoms. The summed E-state index contributed by atoms with van der Waals surface area (Å²) in [6.07, 6.45) is 2.93. The molecule has 1 aromatic rings. The van der Waals surface area contributed by atoms with Crippen molar-refractivity contribution in [2.24, 2.45) is 0 Å². The first-order valence-electron chi connectivity index (χ1n) is 7.67. The molecular formula is C16H29N3O. The minimum Gasteiger partial charge on any atom is -0.372 e. The molecule has 114 valence electrons. The average molecular weight is 279 g/mol. The Morgan fingerprint density at radius 2 is 1.85 bits per heavy atom. The Kier molecular flexibility index (Phi) is 4.55. The topological polar surface area (TPSA) is 39.1 Å². The molecule has 1 fully saturated rings. The van der Waals surface area contributed by atoms with Crippen molar-refractivity contribution in [3.8, 4) is 0 Å². The number of rotatable bonds is 4. The molecule has 4 heteroatoms. The van der Waals surface area contributed by atoms with E-state index in [2.05, 4.69) is 56.6 Å². The monoisotopic (exact) mass is 279 g/mol. The summed E-state index contributed by atoms with van der Waals surface area (Å²) in [6.45, 7) is 14.8. The highest BCUT2D eigenvalue weighted by molar-refractivity contribution is 5.22. The van der Waals surface area contributed by atoms with Crippen molar-refractivity contribution in [2.75, 3.05) is 6.54 Å². The van der Waals surface area contributed by atoms with E-state index in [0.717, 1.165) is 31.6 Å². The number of hydrogen-bond acceptors (Lipinski definition) is 3.